The second-order valence-electron chi connectivity index (χ2n) is 13.3. The van der Waals surface area contributed by atoms with Crippen molar-refractivity contribution in [2.45, 2.75) is 48.5 Å². The van der Waals surface area contributed by atoms with Crippen molar-refractivity contribution in [3.63, 3.8) is 0 Å². The SMILES string of the molecule is Cc1cc([C@H]2C3=CC[C@@H]4C(=O)N(N(C)c5nc(C(F)(F)F)ccc5Cl)C(=O)[C@@H]4[C@@H]3C[C@@]3(Cl)C(=O)N(c4ccc(F)cc4)C(=O)[C@@]23Cl)cc(C)c1O. The lowest BCUT2D eigenvalue weighted by Gasteiger charge is -2.50. The molecule has 4 amide bonds. The van der Waals surface area contributed by atoms with E-state index in [2.05, 4.69) is 4.98 Å². The molecular weight excluding hydrogens is 739 g/mol. The van der Waals surface area contributed by atoms with Gasteiger partial charge in [0.2, 0.25) is 0 Å². The summed E-state index contributed by atoms with van der Waals surface area (Å²) in [5.41, 5.74) is 0.443. The van der Waals surface area contributed by atoms with Gasteiger partial charge in [-0.25, -0.2) is 14.3 Å². The average molecular weight is 766 g/mol. The number of halogens is 7. The number of amides is 4. The highest BCUT2D eigenvalue weighted by Gasteiger charge is 2.76. The van der Waals surface area contributed by atoms with Crippen LogP contribution in [0.2, 0.25) is 5.02 Å². The van der Waals surface area contributed by atoms with Crippen LogP contribution >= 0.6 is 34.8 Å². The van der Waals surface area contributed by atoms with Crippen LogP contribution in [0.15, 0.2) is 60.2 Å². The number of carbonyl (C=O) groups is 4. The normalized spacial score (nSPS) is 28.9. The lowest BCUT2D eigenvalue weighted by Crippen LogP contribution is -2.60. The maximum absolute atomic E-state index is 14.5. The molecule has 4 aliphatic rings. The molecule has 0 radical (unpaired) electrons. The Morgan fingerprint density at radius 1 is 0.941 bits per heavy atom. The molecule has 3 fully saturated rings. The van der Waals surface area contributed by atoms with Crippen molar-refractivity contribution in [3.05, 3.63) is 93.4 Å². The summed E-state index contributed by atoms with van der Waals surface area (Å²) in [6.07, 6.45) is -3.55. The first-order valence-electron chi connectivity index (χ1n) is 15.7. The first kappa shape index (κ1) is 35.2. The van der Waals surface area contributed by atoms with Crippen molar-refractivity contribution in [1.29, 1.82) is 0 Å². The molecule has 1 saturated carbocycles. The van der Waals surface area contributed by atoms with E-state index in [1.54, 1.807) is 32.1 Å². The predicted molar refractivity (Wildman–Crippen MR) is 179 cm³/mol. The van der Waals surface area contributed by atoms with E-state index in [1.807, 2.05) is 0 Å². The number of imide groups is 2. The minimum absolute atomic E-state index is 0.0107. The smallest absolute Gasteiger partial charge is 0.433 e. The number of hydrogen-bond donors (Lipinski definition) is 1. The first-order chi connectivity index (χ1) is 23.8. The van der Waals surface area contributed by atoms with Crippen LogP contribution in [0.5, 0.6) is 5.75 Å². The van der Waals surface area contributed by atoms with Gasteiger partial charge < -0.3 is 5.11 Å². The molecule has 1 N–H and O–H groups in total. The number of aryl methyl sites for hydroxylation is 2. The lowest BCUT2D eigenvalue weighted by molar-refractivity contribution is -0.141. The summed E-state index contributed by atoms with van der Waals surface area (Å²) in [6.45, 7) is 3.27. The molecular formula is C35H27Cl3F4N4O5. The van der Waals surface area contributed by atoms with Crippen molar-refractivity contribution in [1.82, 2.24) is 9.99 Å². The number of nitrogens with zero attached hydrogens (tertiary/aromatic N) is 4. The fourth-order valence-corrected chi connectivity index (χ4v) is 9.28. The number of fused-ring (bicyclic) bond motifs is 4. The minimum Gasteiger partial charge on any atom is -0.507 e. The summed E-state index contributed by atoms with van der Waals surface area (Å²) in [5, 5.41) is 11.9. The largest absolute Gasteiger partial charge is 0.507 e. The summed E-state index contributed by atoms with van der Waals surface area (Å²) < 4.78 is 54.6. The maximum Gasteiger partial charge on any atom is 0.433 e. The van der Waals surface area contributed by atoms with Crippen LogP contribution in [0.25, 0.3) is 0 Å². The van der Waals surface area contributed by atoms with Crippen molar-refractivity contribution in [3.8, 4) is 5.75 Å². The van der Waals surface area contributed by atoms with Gasteiger partial charge in [-0.2, -0.15) is 18.2 Å². The summed E-state index contributed by atoms with van der Waals surface area (Å²) in [6, 6.07) is 9.43. The van der Waals surface area contributed by atoms with Gasteiger partial charge in [0.25, 0.3) is 23.6 Å². The number of alkyl halides is 5. The fourth-order valence-electron chi connectivity index (χ4n) is 8.12. The molecule has 0 spiro atoms. The second kappa shape index (κ2) is 11.7. The summed E-state index contributed by atoms with van der Waals surface area (Å²) in [5.74, 6) is -8.78. The van der Waals surface area contributed by atoms with E-state index >= 15 is 0 Å². The number of pyridine rings is 1. The predicted octanol–water partition coefficient (Wildman–Crippen LogP) is 6.83. The number of phenols is 1. The van der Waals surface area contributed by atoms with Crippen LogP contribution in [0.4, 0.5) is 29.1 Å². The molecule has 2 aliphatic heterocycles. The van der Waals surface area contributed by atoms with Crippen molar-refractivity contribution < 1.29 is 41.8 Å². The monoisotopic (exact) mass is 764 g/mol. The molecule has 51 heavy (non-hydrogen) atoms. The number of aromatic nitrogens is 1. The minimum atomic E-state index is -4.84. The van der Waals surface area contributed by atoms with Gasteiger partial charge in [-0.15, -0.1) is 23.2 Å². The molecule has 266 valence electrons. The summed E-state index contributed by atoms with van der Waals surface area (Å²) in [7, 11) is 1.19. The van der Waals surface area contributed by atoms with Gasteiger partial charge in [-0.05, 0) is 85.7 Å². The number of hydrogen-bond acceptors (Lipinski definition) is 7. The van der Waals surface area contributed by atoms with Gasteiger partial charge in [0, 0.05) is 13.0 Å². The first-order valence-corrected chi connectivity index (χ1v) is 16.8. The summed E-state index contributed by atoms with van der Waals surface area (Å²) >= 11 is 21.0. The van der Waals surface area contributed by atoms with E-state index in [9.17, 15) is 41.8 Å². The van der Waals surface area contributed by atoms with Crippen molar-refractivity contribution >= 4 is 69.9 Å². The van der Waals surface area contributed by atoms with E-state index in [-0.39, 0.29) is 29.3 Å². The van der Waals surface area contributed by atoms with Gasteiger partial charge in [-0.3, -0.25) is 24.2 Å². The Hall–Kier alpha value is -4.20. The number of aromatic hydroxyl groups is 1. The van der Waals surface area contributed by atoms with Crippen molar-refractivity contribution in [2.24, 2.45) is 17.8 Å². The molecule has 2 saturated heterocycles. The molecule has 6 atom stereocenters. The topological polar surface area (TPSA) is 111 Å². The van der Waals surface area contributed by atoms with Crippen LogP contribution in [0.1, 0.15) is 41.1 Å². The number of phenolic OH excluding ortho intramolecular Hbond substituents is 1. The molecule has 3 heterocycles. The molecule has 0 unspecified atom stereocenters. The van der Waals surface area contributed by atoms with Crippen LogP contribution in [-0.2, 0) is 25.4 Å². The van der Waals surface area contributed by atoms with E-state index in [0.717, 1.165) is 28.1 Å². The zero-order chi connectivity index (χ0) is 37.1. The Morgan fingerprint density at radius 3 is 2.18 bits per heavy atom. The van der Waals surface area contributed by atoms with E-state index in [4.69, 9.17) is 34.8 Å². The van der Waals surface area contributed by atoms with Gasteiger partial charge in [0.05, 0.1) is 22.5 Å². The molecule has 16 heteroatoms. The van der Waals surface area contributed by atoms with Gasteiger partial charge in [0.1, 0.15) is 17.3 Å². The van der Waals surface area contributed by atoms with Crippen LogP contribution in [0, 0.1) is 37.4 Å². The number of carbonyl (C=O) groups excluding carboxylic acids is 4. The number of hydrazine groups is 1. The molecule has 2 aliphatic carbocycles. The Morgan fingerprint density at radius 2 is 1.57 bits per heavy atom. The van der Waals surface area contributed by atoms with Crippen molar-refractivity contribution in [2.75, 3.05) is 17.0 Å². The molecule has 7 rings (SSSR count). The van der Waals surface area contributed by atoms with E-state index in [0.29, 0.717) is 33.3 Å². The molecule has 2 aromatic carbocycles. The second-order valence-corrected chi connectivity index (χ2v) is 14.9. The van der Waals surface area contributed by atoms with Gasteiger partial charge >= 0.3 is 6.18 Å². The Labute approximate surface area is 303 Å². The third-order valence-corrected chi connectivity index (χ3v) is 12.2. The average Bonchev–Trinajstić information content (AvgIpc) is 3.40. The zero-order valence-electron chi connectivity index (χ0n) is 26.9. The quantitative estimate of drug-likeness (QED) is 0.134. The fraction of sp³-hybridized carbons (Fsp3) is 0.343. The molecule has 0 bridgehead atoms. The standard InChI is InChI=1S/C35H27Cl3F4N4O5/c1-15-12-17(13-16(2)27(15)47)26-20-8-9-21-25(30(49)46(29(21)48)44(3)28-23(36)10-11-24(43-28)35(40,41)42)22(20)14-33(37)31(50)45(32(51)34(26,33)38)19-6-4-18(39)5-7-19/h4-8,10-13,21-22,25-26,47H,9,14H2,1-3H3/t21-,22+,25-,26-,33+,34-/m0/s1. The van der Waals surface area contributed by atoms with Crippen LogP contribution < -0.4 is 9.91 Å². The number of rotatable bonds is 4. The zero-order valence-corrected chi connectivity index (χ0v) is 29.2. The lowest BCUT2D eigenvalue weighted by atomic mass is 9.56. The highest BCUT2D eigenvalue weighted by atomic mass is 35.5. The van der Waals surface area contributed by atoms with Crippen LogP contribution in [-0.4, -0.2) is 55.5 Å². The third kappa shape index (κ3) is 4.91. The Balaban J connectivity index is 1.36. The third-order valence-electron chi connectivity index (χ3n) is 10.4. The molecule has 9 nitrogen and oxygen atoms in total. The van der Waals surface area contributed by atoms with Gasteiger partial charge in [0.15, 0.2) is 15.6 Å². The molecule has 1 aromatic heterocycles. The highest BCUT2D eigenvalue weighted by molar-refractivity contribution is 6.58. The number of anilines is 2. The van der Waals surface area contributed by atoms with Gasteiger partial charge in [-0.1, -0.05) is 35.4 Å². The van der Waals surface area contributed by atoms with E-state index in [1.165, 1.54) is 19.2 Å². The molecule has 3 aromatic rings. The highest BCUT2D eigenvalue weighted by Crippen LogP contribution is 2.66. The van der Waals surface area contributed by atoms with Crippen LogP contribution in [0.3, 0.4) is 0 Å². The number of allylic oxidation sites excluding steroid dienone is 2. The summed E-state index contributed by atoms with van der Waals surface area (Å²) in [4.78, 5) is 57.2. The maximum atomic E-state index is 14.5. The number of benzene rings is 2. The Kier molecular flexibility index (Phi) is 8.05. The Bertz CT molecular complexity index is 2070. The van der Waals surface area contributed by atoms with E-state index < -0.39 is 80.6 Å².